The molecule has 0 spiro atoms. The number of hydrogen-bond donors (Lipinski definition) is 0. The van der Waals surface area contributed by atoms with Crippen LogP contribution in [0.5, 0.6) is 0 Å². The molecule has 21 heavy (non-hydrogen) atoms. The summed E-state index contributed by atoms with van der Waals surface area (Å²) in [5.41, 5.74) is 9.79. The van der Waals surface area contributed by atoms with E-state index in [-0.39, 0.29) is 4.83 Å². The van der Waals surface area contributed by atoms with E-state index in [4.69, 9.17) is 0 Å². The highest BCUT2D eigenvalue weighted by Gasteiger charge is 2.16. The Morgan fingerprint density at radius 2 is 1.43 bits per heavy atom. The van der Waals surface area contributed by atoms with E-state index in [9.17, 15) is 0 Å². The first-order valence-electron chi connectivity index (χ1n) is 7.81. The van der Waals surface area contributed by atoms with E-state index in [1.165, 1.54) is 38.9 Å². The highest BCUT2D eigenvalue weighted by atomic mass is 79.9. The Bertz CT molecular complexity index is 617. The van der Waals surface area contributed by atoms with E-state index in [2.05, 4.69) is 80.9 Å². The summed E-state index contributed by atoms with van der Waals surface area (Å²) in [6.45, 7) is 11.1. The minimum Gasteiger partial charge on any atom is -0.0786 e. The minimum atomic E-state index is 0.273. The van der Waals surface area contributed by atoms with Crippen LogP contribution in [0, 0.1) is 20.8 Å². The van der Waals surface area contributed by atoms with Crippen molar-refractivity contribution < 1.29 is 0 Å². The van der Waals surface area contributed by atoms with E-state index >= 15 is 0 Å². The van der Waals surface area contributed by atoms with Crippen molar-refractivity contribution in [1.29, 1.82) is 0 Å². The Labute approximate surface area is 137 Å². The molecular weight excluding hydrogens is 320 g/mol. The molecule has 0 aliphatic heterocycles. The Kier molecular flexibility index (Phi) is 5.27. The summed E-state index contributed by atoms with van der Waals surface area (Å²) < 4.78 is 0. The third-order valence-corrected chi connectivity index (χ3v) is 5.26. The van der Waals surface area contributed by atoms with Gasteiger partial charge in [0.05, 0.1) is 4.83 Å². The summed E-state index contributed by atoms with van der Waals surface area (Å²) in [5.74, 6) is 0. The summed E-state index contributed by atoms with van der Waals surface area (Å²) in [6.07, 6.45) is 2.21. The zero-order valence-corrected chi connectivity index (χ0v) is 15.3. The lowest BCUT2D eigenvalue weighted by molar-refractivity contribution is 1.01. The monoisotopic (exact) mass is 344 g/mol. The maximum Gasteiger partial charge on any atom is 0.0649 e. The number of hydrogen-bond acceptors (Lipinski definition) is 0. The van der Waals surface area contributed by atoms with Crippen LogP contribution in [0.25, 0.3) is 0 Å². The molecule has 0 saturated carbocycles. The summed E-state index contributed by atoms with van der Waals surface area (Å²) in [4.78, 5) is 0.273. The molecule has 1 heteroatoms. The van der Waals surface area contributed by atoms with Crippen LogP contribution >= 0.6 is 15.9 Å². The predicted octanol–water partition coefficient (Wildman–Crippen LogP) is 6.22. The second-order valence-electron chi connectivity index (χ2n) is 5.91. The van der Waals surface area contributed by atoms with Crippen LogP contribution in [0.15, 0.2) is 30.3 Å². The Morgan fingerprint density at radius 3 is 1.95 bits per heavy atom. The molecule has 0 aromatic heterocycles. The van der Waals surface area contributed by atoms with E-state index in [1.54, 1.807) is 0 Å². The maximum atomic E-state index is 3.93. The molecule has 0 bridgehead atoms. The molecule has 0 saturated heterocycles. The zero-order valence-electron chi connectivity index (χ0n) is 13.8. The van der Waals surface area contributed by atoms with Gasteiger partial charge < -0.3 is 0 Å². The normalized spacial score (nSPS) is 12.5. The molecule has 2 rings (SSSR count). The average Bonchev–Trinajstić information content (AvgIpc) is 2.45. The fourth-order valence-electron chi connectivity index (χ4n) is 3.24. The topological polar surface area (TPSA) is 0 Å². The van der Waals surface area contributed by atoms with Crippen LogP contribution in [0.4, 0.5) is 0 Å². The third-order valence-electron chi connectivity index (χ3n) is 4.28. The van der Waals surface area contributed by atoms with Crippen molar-refractivity contribution in [3.63, 3.8) is 0 Å². The van der Waals surface area contributed by atoms with Gasteiger partial charge in [0.1, 0.15) is 0 Å². The molecule has 0 aliphatic carbocycles. The first-order valence-corrected chi connectivity index (χ1v) is 8.73. The molecule has 2 aromatic rings. The van der Waals surface area contributed by atoms with Crippen LogP contribution in [-0.4, -0.2) is 0 Å². The molecule has 1 atom stereocenters. The standard InChI is InChI=1S/C20H25Br/c1-6-16-8-9-18(12-17(16)7-2)20(21)19-14(4)10-13(3)11-15(19)5/h8-12,20H,6-7H2,1-5H3. The van der Waals surface area contributed by atoms with Crippen LogP contribution in [0.2, 0.25) is 0 Å². The van der Waals surface area contributed by atoms with Crippen molar-refractivity contribution in [3.8, 4) is 0 Å². The van der Waals surface area contributed by atoms with Gasteiger partial charge in [0.25, 0.3) is 0 Å². The van der Waals surface area contributed by atoms with Crippen LogP contribution in [-0.2, 0) is 12.8 Å². The Morgan fingerprint density at radius 1 is 0.857 bits per heavy atom. The van der Waals surface area contributed by atoms with Crippen LogP contribution in [0.3, 0.4) is 0 Å². The lowest BCUT2D eigenvalue weighted by atomic mass is 9.92. The molecular formula is C20H25Br. The second-order valence-corrected chi connectivity index (χ2v) is 6.83. The van der Waals surface area contributed by atoms with Gasteiger partial charge in [0.2, 0.25) is 0 Å². The van der Waals surface area contributed by atoms with Gasteiger partial charge in [-0.15, -0.1) is 0 Å². The molecule has 2 aromatic carbocycles. The SMILES string of the molecule is CCc1ccc(C(Br)c2c(C)cc(C)cc2C)cc1CC. The van der Waals surface area contributed by atoms with Gasteiger partial charge in [-0.1, -0.05) is 65.7 Å². The zero-order chi connectivity index (χ0) is 15.6. The van der Waals surface area contributed by atoms with Crippen molar-refractivity contribution >= 4 is 15.9 Å². The van der Waals surface area contributed by atoms with Gasteiger partial charge >= 0.3 is 0 Å². The van der Waals surface area contributed by atoms with Gasteiger partial charge in [0, 0.05) is 0 Å². The van der Waals surface area contributed by atoms with Crippen LogP contribution < -0.4 is 0 Å². The fourth-order valence-corrected chi connectivity index (χ4v) is 4.24. The van der Waals surface area contributed by atoms with E-state index in [0.717, 1.165) is 12.8 Å². The van der Waals surface area contributed by atoms with E-state index < -0.39 is 0 Å². The van der Waals surface area contributed by atoms with Crippen molar-refractivity contribution in [2.24, 2.45) is 0 Å². The summed E-state index contributed by atoms with van der Waals surface area (Å²) in [6, 6.07) is 11.5. The van der Waals surface area contributed by atoms with E-state index in [0.29, 0.717) is 0 Å². The number of rotatable bonds is 4. The largest absolute Gasteiger partial charge is 0.0786 e. The average molecular weight is 345 g/mol. The van der Waals surface area contributed by atoms with Crippen molar-refractivity contribution in [2.45, 2.75) is 52.3 Å². The molecule has 0 amide bonds. The quantitative estimate of drug-likeness (QED) is 0.577. The molecule has 0 radical (unpaired) electrons. The predicted molar refractivity (Wildman–Crippen MR) is 96.6 cm³/mol. The van der Waals surface area contributed by atoms with Crippen molar-refractivity contribution in [2.75, 3.05) is 0 Å². The third kappa shape index (κ3) is 3.40. The Balaban J connectivity index is 2.47. The highest BCUT2D eigenvalue weighted by molar-refractivity contribution is 9.09. The number of halogens is 1. The molecule has 0 N–H and O–H groups in total. The number of alkyl halides is 1. The Hall–Kier alpha value is -1.08. The van der Waals surface area contributed by atoms with Gasteiger partial charge in [-0.05, 0) is 67.0 Å². The van der Waals surface area contributed by atoms with Crippen molar-refractivity contribution in [1.82, 2.24) is 0 Å². The molecule has 0 heterocycles. The minimum absolute atomic E-state index is 0.273. The molecule has 112 valence electrons. The molecule has 0 aliphatic rings. The van der Waals surface area contributed by atoms with Gasteiger partial charge in [0.15, 0.2) is 0 Å². The van der Waals surface area contributed by atoms with Crippen LogP contribution in [0.1, 0.15) is 57.6 Å². The number of benzene rings is 2. The van der Waals surface area contributed by atoms with Gasteiger partial charge in [-0.2, -0.15) is 0 Å². The van der Waals surface area contributed by atoms with Gasteiger partial charge in [-0.25, -0.2) is 0 Å². The molecule has 0 nitrogen and oxygen atoms in total. The second kappa shape index (κ2) is 6.79. The summed E-state index contributed by atoms with van der Waals surface area (Å²) in [7, 11) is 0. The first kappa shape index (κ1) is 16.3. The van der Waals surface area contributed by atoms with Gasteiger partial charge in [-0.3, -0.25) is 0 Å². The smallest absolute Gasteiger partial charge is 0.0649 e. The lowest BCUT2D eigenvalue weighted by Gasteiger charge is -2.19. The van der Waals surface area contributed by atoms with E-state index in [1.807, 2.05) is 0 Å². The maximum absolute atomic E-state index is 3.93. The molecule has 1 unspecified atom stereocenters. The summed E-state index contributed by atoms with van der Waals surface area (Å²) in [5, 5.41) is 0. The number of aryl methyl sites for hydroxylation is 5. The lowest BCUT2D eigenvalue weighted by Crippen LogP contribution is -2.02. The summed E-state index contributed by atoms with van der Waals surface area (Å²) >= 11 is 3.93. The van der Waals surface area contributed by atoms with Crippen molar-refractivity contribution in [3.05, 3.63) is 69.3 Å². The first-order chi connectivity index (χ1) is 9.97. The highest BCUT2D eigenvalue weighted by Crippen LogP contribution is 2.36. The fraction of sp³-hybridized carbons (Fsp3) is 0.400. The molecule has 0 fully saturated rings.